The lowest BCUT2D eigenvalue weighted by Crippen LogP contribution is -2.00. The molecule has 1 atom stereocenters. The Balaban J connectivity index is 2.77. The second kappa shape index (κ2) is 2.19. The standard InChI is InChI=1S/C4H6N2OS/c7-4(8)6-3-1-2-5-6/h1-4,7-8H. The second-order valence-electron chi connectivity index (χ2n) is 1.33. The van der Waals surface area contributed by atoms with Gasteiger partial charge in [0.05, 0.1) is 0 Å². The van der Waals surface area contributed by atoms with Crippen molar-refractivity contribution in [1.29, 1.82) is 0 Å². The highest BCUT2D eigenvalue weighted by atomic mass is 32.1. The van der Waals surface area contributed by atoms with E-state index in [9.17, 15) is 0 Å². The van der Waals surface area contributed by atoms with E-state index in [0.29, 0.717) is 0 Å². The molecule has 0 amide bonds. The smallest absolute Gasteiger partial charge is 0.192 e. The molecular weight excluding hydrogens is 124 g/mol. The molecule has 1 heterocycles. The van der Waals surface area contributed by atoms with E-state index >= 15 is 0 Å². The molecule has 0 aliphatic carbocycles. The first-order chi connectivity index (χ1) is 3.80. The molecule has 1 aromatic heterocycles. The van der Waals surface area contributed by atoms with Crippen LogP contribution in [0.4, 0.5) is 0 Å². The molecular formula is C4H6N2OS. The third-order valence-corrected chi connectivity index (χ3v) is 0.998. The summed E-state index contributed by atoms with van der Waals surface area (Å²) in [7, 11) is 0. The van der Waals surface area contributed by atoms with Crippen LogP contribution in [0.1, 0.15) is 5.56 Å². The van der Waals surface area contributed by atoms with E-state index in [4.69, 9.17) is 5.11 Å². The van der Waals surface area contributed by atoms with Gasteiger partial charge in [-0.05, 0) is 6.07 Å². The zero-order chi connectivity index (χ0) is 5.98. The first-order valence-electron chi connectivity index (χ1n) is 2.16. The van der Waals surface area contributed by atoms with Crippen LogP contribution in [0.25, 0.3) is 0 Å². The fraction of sp³-hybridized carbons (Fsp3) is 0.250. The Labute approximate surface area is 52.4 Å². The van der Waals surface area contributed by atoms with Crippen LogP contribution >= 0.6 is 12.6 Å². The Hall–Kier alpha value is -0.480. The molecule has 0 aliphatic heterocycles. The molecule has 0 aliphatic rings. The number of hydrogen-bond donors (Lipinski definition) is 2. The largest absolute Gasteiger partial charge is 0.363 e. The summed E-state index contributed by atoms with van der Waals surface area (Å²) in [6.07, 6.45) is 3.22. The maximum Gasteiger partial charge on any atom is 0.192 e. The molecule has 0 saturated carbocycles. The molecule has 4 heteroatoms. The molecule has 0 aromatic carbocycles. The predicted octanol–water partition coefficient (Wildman–Crippen LogP) is 0.261. The Morgan fingerprint density at radius 1 is 1.75 bits per heavy atom. The average Bonchev–Trinajstić information content (AvgIpc) is 2.12. The van der Waals surface area contributed by atoms with Gasteiger partial charge in [-0.25, -0.2) is 4.68 Å². The average molecular weight is 130 g/mol. The molecule has 0 saturated heterocycles. The molecule has 44 valence electrons. The van der Waals surface area contributed by atoms with Gasteiger partial charge in [0.25, 0.3) is 0 Å². The van der Waals surface area contributed by atoms with Crippen LogP contribution in [0.3, 0.4) is 0 Å². The molecule has 1 rings (SSSR count). The highest BCUT2D eigenvalue weighted by Gasteiger charge is 1.94. The summed E-state index contributed by atoms with van der Waals surface area (Å²) < 4.78 is 1.34. The molecule has 0 spiro atoms. The van der Waals surface area contributed by atoms with Gasteiger partial charge >= 0.3 is 0 Å². The Morgan fingerprint density at radius 3 is 2.75 bits per heavy atom. The molecule has 0 radical (unpaired) electrons. The maximum atomic E-state index is 8.68. The van der Waals surface area contributed by atoms with Crippen LogP contribution in [-0.4, -0.2) is 14.9 Å². The first-order valence-corrected chi connectivity index (χ1v) is 2.67. The van der Waals surface area contributed by atoms with Gasteiger partial charge in [0.15, 0.2) is 5.56 Å². The quantitative estimate of drug-likeness (QED) is 0.423. The van der Waals surface area contributed by atoms with Crippen LogP contribution < -0.4 is 0 Å². The van der Waals surface area contributed by atoms with Gasteiger partial charge in [0.1, 0.15) is 0 Å². The number of hydrogen-bond acceptors (Lipinski definition) is 3. The minimum Gasteiger partial charge on any atom is -0.363 e. The number of aliphatic hydroxyl groups is 1. The van der Waals surface area contributed by atoms with Crippen molar-refractivity contribution < 1.29 is 5.11 Å². The van der Waals surface area contributed by atoms with E-state index in [1.807, 2.05) is 0 Å². The van der Waals surface area contributed by atoms with E-state index in [2.05, 4.69) is 17.7 Å². The lowest BCUT2D eigenvalue weighted by Gasteiger charge is -1.99. The Bertz CT molecular complexity index is 149. The molecule has 0 bridgehead atoms. The van der Waals surface area contributed by atoms with Crippen LogP contribution in [0, 0.1) is 0 Å². The zero-order valence-corrected chi connectivity index (χ0v) is 4.99. The summed E-state index contributed by atoms with van der Waals surface area (Å²) in [5.74, 6) is 0. The minimum absolute atomic E-state index is 0.815. The number of aliphatic hydroxyl groups excluding tert-OH is 1. The van der Waals surface area contributed by atoms with E-state index in [-0.39, 0.29) is 0 Å². The molecule has 1 N–H and O–H groups in total. The Kier molecular flexibility index (Phi) is 1.55. The van der Waals surface area contributed by atoms with Crippen molar-refractivity contribution in [1.82, 2.24) is 9.78 Å². The molecule has 0 fully saturated rings. The van der Waals surface area contributed by atoms with Crippen LogP contribution in [-0.2, 0) is 0 Å². The van der Waals surface area contributed by atoms with Crippen molar-refractivity contribution in [2.45, 2.75) is 5.56 Å². The Morgan fingerprint density at radius 2 is 2.50 bits per heavy atom. The lowest BCUT2D eigenvalue weighted by atomic mass is 10.8. The monoisotopic (exact) mass is 130 g/mol. The minimum atomic E-state index is -0.815. The van der Waals surface area contributed by atoms with Crippen molar-refractivity contribution in [3.8, 4) is 0 Å². The molecule has 3 nitrogen and oxygen atoms in total. The van der Waals surface area contributed by atoms with Crippen LogP contribution in [0.15, 0.2) is 18.5 Å². The van der Waals surface area contributed by atoms with Crippen molar-refractivity contribution in [3.05, 3.63) is 18.5 Å². The fourth-order valence-corrected chi connectivity index (χ4v) is 0.554. The zero-order valence-electron chi connectivity index (χ0n) is 4.10. The number of nitrogens with zero attached hydrogens (tertiary/aromatic N) is 2. The topological polar surface area (TPSA) is 38.0 Å². The van der Waals surface area contributed by atoms with E-state index < -0.39 is 5.56 Å². The van der Waals surface area contributed by atoms with Crippen molar-refractivity contribution in [2.24, 2.45) is 0 Å². The van der Waals surface area contributed by atoms with Gasteiger partial charge < -0.3 is 5.11 Å². The third-order valence-electron chi connectivity index (χ3n) is 0.761. The number of thiol groups is 1. The number of rotatable bonds is 1. The predicted molar refractivity (Wildman–Crippen MR) is 32.5 cm³/mol. The normalized spacial score (nSPS) is 13.8. The van der Waals surface area contributed by atoms with Gasteiger partial charge in [-0.15, -0.1) is 12.6 Å². The molecule has 1 aromatic rings. The summed E-state index contributed by atoms with van der Waals surface area (Å²) >= 11 is 3.71. The van der Waals surface area contributed by atoms with E-state index in [1.165, 1.54) is 4.68 Å². The molecule has 8 heavy (non-hydrogen) atoms. The summed E-state index contributed by atoms with van der Waals surface area (Å²) in [5, 5.41) is 12.4. The maximum absolute atomic E-state index is 8.68. The summed E-state index contributed by atoms with van der Waals surface area (Å²) in [6.45, 7) is 0. The first kappa shape index (κ1) is 5.65. The lowest BCUT2D eigenvalue weighted by molar-refractivity contribution is 0.185. The fourth-order valence-electron chi connectivity index (χ4n) is 0.417. The van der Waals surface area contributed by atoms with Crippen LogP contribution in [0.2, 0.25) is 0 Å². The van der Waals surface area contributed by atoms with E-state index in [1.54, 1.807) is 18.5 Å². The number of aromatic nitrogens is 2. The summed E-state index contributed by atoms with van der Waals surface area (Å²) in [4.78, 5) is 0. The van der Waals surface area contributed by atoms with Crippen molar-refractivity contribution in [3.63, 3.8) is 0 Å². The summed E-state index contributed by atoms with van der Waals surface area (Å²) in [6, 6.07) is 1.72. The third kappa shape index (κ3) is 1.02. The van der Waals surface area contributed by atoms with Crippen molar-refractivity contribution in [2.75, 3.05) is 0 Å². The molecule has 1 unspecified atom stereocenters. The SMILES string of the molecule is OC(S)n1cccn1. The van der Waals surface area contributed by atoms with E-state index in [0.717, 1.165) is 0 Å². The van der Waals surface area contributed by atoms with Gasteiger partial charge in [-0.1, -0.05) is 0 Å². The highest BCUT2D eigenvalue weighted by Crippen LogP contribution is 2.01. The van der Waals surface area contributed by atoms with Gasteiger partial charge in [0, 0.05) is 12.4 Å². The second-order valence-corrected chi connectivity index (χ2v) is 1.79. The van der Waals surface area contributed by atoms with Gasteiger partial charge in [-0.3, -0.25) is 0 Å². The van der Waals surface area contributed by atoms with Gasteiger partial charge in [0.2, 0.25) is 0 Å². The highest BCUT2D eigenvalue weighted by molar-refractivity contribution is 7.80. The van der Waals surface area contributed by atoms with Crippen molar-refractivity contribution >= 4 is 12.6 Å². The van der Waals surface area contributed by atoms with Gasteiger partial charge in [-0.2, -0.15) is 5.10 Å². The summed E-state index contributed by atoms with van der Waals surface area (Å²) in [5.41, 5.74) is -0.815. The van der Waals surface area contributed by atoms with Crippen LogP contribution in [0.5, 0.6) is 0 Å².